The third kappa shape index (κ3) is 3.80. The Morgan fingerprint density at radius 1 is 1.41 bits per heavy atom. The summed E-state index contributed by atoms with van der Waals surface area (Å²) in [7, 11) is 0. The lowest BCUT2D eigenvalue weighted by Crippen LogP contribution is -2.36. The van der Waals surface area contributed by atoms with Crippen LogP contribution in [0.5, 0.6) is 0 Å². The van der Waals surface area contributed by atoms with E-state index in [1.165, 1.54) is 0 Å². The second kappa shape index (κ2) is 7.44. The zero-order valence-corrected chi connectivity index (χ0v) is 13.5. The van der Waals surface area contributed by atoms with E-state index in [9.17, 15) is 4.79 Å². The maximum Gasteiger partial charge on any atom is 0.229 e. The molecule has 1 fully saturated rings. The number of benzene rings is 1. The van der Waals surface area contributed by atoms with Crippen LogP contribution >= 0.6 is 11.6 Å². The minimum Gasteiger partial charge on any atom is -0.378 e. The van der Waals surface area contributed by atoms with Crippen LogP contribution in [-0.4, -0.2) is 38.4 Å². The zero-order valence-electron chi connectivity index (χ0n) is 12.7. The van der Waals surface area contributed by atoms with E-state index in [-0.39, 0.29) is 12.0 Å². The van der Waals surface area contributed by atoms with Gasteiger partial charge in [0.2, 0.25) is 5.91 Å². The summed E-state index contributed by atoms with van der Waals surface area (Å²) < 4.78 is 11.1. The van der Waals surface area contributed by atoms with Crippen LogP contribution in [0.25, 0.3) is 0 Å². The van der Waals surface area contributed by atoms with E-state index >= 15 is 0 Å². The fourth-order valence-electron chi connectivity index (χ4n) is 3.11. The molecule has 0 aliphatic carbocycles. The Balaban J connectivity index is 1.50. The minimum atomic E-state index is 0.121. The molecule has 0 radical (unpaired) electrons. The standard InChI is InChI=1S/C17H22ClNO3/c18-14-5-6-16-13(11-14)3-1-8-19(16)17(20)7-10-21-12-15-4-2-9-22-15/h5-6,11,15H,1-4,7-10,12H2. The molecule has 2 heterocycles. The van der Waals surface area contributed by atoms with Gasteiger partial charge in [0.25, 0.3) is 0 Å². The van der Waals surface area contributed by atoms with E-state index in [4.69, 9.17) is 21.1 Å². The molecule has 2 aliphatic rings. The Hall–Kier alpha value is -1.10. The van der Waals surface area contributed by atoms with Crippen LogP contribution in [0.4, 0.5) is 5.69 Å². The van der Waals surface area contributed by atoms with Crippen molar-refractivity contribution in [1.82, 2.24) is 0 Å². The molecule has 1 unspecified atom stereocenters. The number of carbonyl (C=O) groups excluding carboxylic acids is 1. The number of aryl methyl sites for hydroxylation is 1. The van der Waals surface area contributed by atoms with Crippen molar-refractivity contribution in [3.63, 3.8) is 0 Å². The lowest BCUT2D eigenvalue weighted by atomic mass is 10.0. The van der Waals surface area contributed by atoms with Gasteiger partial charge in [-0.1, -0.05) is 11.6 Å². The maximum absolute atomic E-state index is 12.4. The third-order valence-electron chi connectivity index (χ3n) is 4.25. The highest BCUT2D eigenvalue weighted by molar-refractivity contribution is 6.30. The molecule has 1 amide bonds. The quantitative estimate of drug-likeness (QED) is 0.781. The molecule has 120 valence electrons. The molecule has 0 aromatic heterocycles. The average Bonchev–Trinajstić information content (AvgIpc) is 3.03. The summed E-state index contributed by atoms with van der Waals surface area (Å²) in [4.78, 5) is 14.3. The fourth-order valence-corrected chi connectivity index (χ4v) is 3.30. The molecule has 0 bridgehead atoms. The Morgan fingerprint density at radius 2 is 2.32 bits per heavy atom. The summed E-state index contributed by atoms with van der Waals surface area (Å²) in [6.45, 7) is 2.66. The summed E-state index contributed by atoms with van der Waals surface area (Å²) in [6.07, 6.45) is 4.77. The van der Waals surface area contributed by atoms with Gasteiger partial charge in [-0.25, -0.2) is 0 Å². The first-order chi connectivity index (χ1) is 10.7. The van der Waals surface area contributed by atoms with Crippen molar-refractivity contribution >= 4 is 23.2 Å². The van der Waals surface area contributed by atoms with Crippen LogP contribution in [0.1, 0.15) is 31.2 Å². The Labute approximate surface area is 136 Å². The molecule has 1 aromatic carbocycles. The van der Waals surface area contributed by atoms with E-state index in [2.05, 4.69) is 0 Å². The van der Waals surface area contributed by atoms with Crippen molar-refractivity contribution in [2.45, 2.75) is 38.2 Å². The van der Waals surface area contributed by atoms with Crippen molar-refractivity contribution in [2.75, 3.05) is 31.3 Å². The van der Waals surface area contributed by atoms with Crippen molar-refractivity contribution in [1.29, 1.82) is 0 Å². The number of carbonyl (C=O) groups is 1. The van der Waals surface area contributed by atoms with Crippen molar-refractivity contribution < 1.29 is 14.3 Å². The number of fused-ring (bicyclic) bond motifs is 1. The van der Waals surface area contributed by atoms with E-state index in [0.29, 0.717) is 19.6 Å². The first-order valence-electron chi connectivity index (χ1n) is 8.02. The lowest BCUT2D eigenvalue weighted by molar-refractivity contribution is -0.120. The van der Waals surface area contributed by atoms with Gasteiger partial charge in [0.05, 0.1) is 25.7 Å². The number of anilines is 1. The summed E-state index contributed by atoms with van der Waals surface area (Å²) >= 11 is 6.03. The highest BCUT2D eigenvalue weighted by atomic mass is 35.5. The summed E-state index contributed by atoms with van der Waals surface area (Å²) in [6, 6.07) is 5.76. The highest BCUT2D eigenvalue weighted by Gasteiger charge is 2.22. The van der Waals surface area contributed by atoms with Crippen LogP contribution < -0.4 is 4.90 Å². The second-order valence-electron chi connectivity index (χ2n) is 5.88. The molecule has 4 nitrogen and oxygen atoms in total. The molecule has 0 spiro atoms. The SMILES string of the molecule is O=C(CCOCC1CCCO1)N1CCCc2cc(Cl)ccc21. The molecule has 5 heteroatoms. The van der Waals surface area contributed by atoms with Gasteiger partial charge in [-0.15, -0.1) is 0 Å². The van der Waals surface area contributed by atoms with Crippen molar-refractivity contribution in [3.05, 3.63) is 28.8 Å². The fraction of sp³-hybridized carbons (Fsp3) is 0.588. The van der Waals surface area contributed by atoms with Crippen LogP contribution in [0, 0.1) is 0 Å². The highest BCUT2D eigenvalue weighted by Crippen LogP contribution is 2.30. The Morgan fingerprint density at radius 3 is 3.14 bits per heavy atom. The zero-order chi connectivity index (χ0) is 15.4. The maximum atomic E-state index is 12.4. The predicted molar refractivity (Wildman–Crippen MR) is 86.5 cm³/mol. The number of hydrogen-bond acceptors (Lipinski definition) is 3. The number of amides is 1. The van der Waals surface area contributed by atoms with Crippen molar-refractivity contribution in [2.24, 2.45) is 0 Å². The average molecular weight is 324 g/mol. The van der Waals surface area contributed by atoms with E-state index in [1.807, 2.05) is 23.1 Å². The Kier molecular flexibility index (Phi) is 5.34. The third-order valence-corrected chi connectivity index (χ3v) is 4.48. The number of rotatable bonds is 5. The van der Waals surface area contributed by atoms with Gasteiger partial charge < -0.3 is 14.4 Å². The predicted octanol–water partition coefficient (Wildman–Crippen LogP) is 3.20. The van der Waals surface area contributed by atoms with Gasteiger partial charge in [0.15, 0.2) is 0 Å². The largest absolute Gasteiger partial charge is 0.378 e. The molecule has 0 N–H and O–H groups in total. The molecule has 22 heavy (non-hydrogen) atoms. The topological polar surface area (TPSA) is 38.8 Å². The second-order valence-corrected chi connectivity index (χ2v) is 6.32. The van der Waals surface area contributed by atoms with E-state index in [1.54, 1.807) is 0 Å². The molecule has 1 saturated heterocycles. The Bertz CT molecular complexity index is 529. The first-order valence-corrected chi connectivity index (χ1v) is 8.40. The normalized spacial score (nSPS) is 21.0. The molecule has 1 atom stereocenters. The number of halogens is 1. The molecular weight excluding hydrogens is 302 g/mol. The number of ether oxygens (including phenoxy) is 2. The lowest BCUT2D eigenvalue weighted by Gasteiger charge is -2.29. The minimum absolute atomic E-state index is 0.121. The molecular formula is C17H22ClNO3. The monoisotopic (exact) mass is 323 g/mol. The van der Waals surface area contributed by atoms with Crippen molar-refractivity contribution in [3.8, 4) is 0 Å². The summed E-state index contributed by atoms with van der Waals surface area (Å²) in [5, 5.41) is 0.730. The van der Waals surface area contributed by atoms with Gasteiger partial charge >= 0.3 is 0 Å². The van der Waals surface area contributed by atoms with Gasteiger partial charge in [-0.2, -0.15) is 0 Å². The van der Waals surface area contributed by atoms with Crippen LogP contribution in [0.3, 0.4) is 0 Å². The van der Waals surface area contributed by atoms with Crippen LogP contribution in [0.15, 0.2) is 18.2 Å². The molecule has 2 aliphatic heterocycles. The first kappa shape index (κ1) is 15.8. The van der Waals surface area contributed by atoms with Gasteiger partial charge in [0, 0.05) is 23.9 Å². The van der Waals surface area contributed by atoms with Crippen LogP contribution in [-0.2, 0) is 20.7 Å². The van der Waals surface area contributed by atoms with E-state index < -0.39 is 0 Å². The molecule has 0 saturated carbocycles. The molecule has 3 rings (SSSR count). The summed E-state index contributed by atoms with van der Waals surface area (Å²) in [5.74, 6) is 0.121. The van der Waals surface area contributed by atoms with Gasteiger partial charge in [-0.3, -0.25) is 4.79 Å². The smallest absolute Gasteiger partial charge is 0.229 e. The summed E-state index contributed by atoms with van der Waals surface area (Å²) in [5.41, 5.74) is 2.16. The molecule has 1 aromatic rings. The van der Waals surface area contributed by atoms with Gasteiger partial charge in [0.1, 0.15) is 0 Å². The number of hydrogen-bond donors (Lipinski definition) is 0. The number of nitrogens with zero attached hydrogens (tertiary/aromatic N) is 1. The van der Waals surface area contributed by atoms with Gasteiger partial charge in [-0.05, 0) is 49.4 Å². The van der Waals surface area contributed by atoms with E-state index in [0.717, 1.165) is 55.1 Å². The van der Waals surface area contributed by atoms with Crippen LogP contribution in [0.2, 0.25) is 5.02 Å².